The summed E-state index contributed by atoms with van der Waals surface area (Å²) in [5.74, 6) is 2.17. The summed E-state index contributed by atoms with van der Waals surface area (Å²) in [5.41, 5.74) is 0.576. The molecule has 1 aromatic rings. The minimum absolute atomic E-state index is 0.576. The van der Waals surface area contributed by atoms with Crippen molar-refractivity contribution in [3.8, 4) is 5.92 Å². The van der Waals surface area contributed by atoms with E-state index in [0.717, 1.165) is 0 Å². The molecular formula is C6H5N2. The van der Waals surface area contributed by atoms with Crippen molar-refractivity contribution >= 4 is 0 Å². The molecule has 0 atom stereocenters. The van der Waals surface area contributed by atoms with E-state index in [1.165, 1.54) is 0 Å². The molecule has 0 unspecified atom stereocenters. The first kappa shape index (κ1) is 4.92. The number of aromatic nitrogens is 2. The molecule has 0 aromatic carbocycles. The lowest BCUT2D eigenvalue weighted by Crippen LogP contribution is -1.86. The highest BCUT2D eigenvalue weighted by molar-refractivity contribution is 5.18. The summed E-state index contributed by atoms with van der Waals surface area (Å²) >= 11 is 0. The zero-order valence-electron chi connectivity index (χ0n) is 4.55. The van der Waals surface area contributed by atoms with Crippen LogP contribution in [0.1, 0.15) is 5.69 Å². The van der Waals surface area contributed by atoms with Gasteiger partial charge in [-0.15, -0.1) is 0 Å². The van der Waals surface area contributed by atoms with Gasteiger partial charge in [0.2, 0.25) is 0 Å². The molecule has 0 saturated heterocycles. The molecule has 1 aromatic heterocycles. The highest BCUT2D eigenvalue weighted by atomic mass is 15.2. The van der Waals surface area contributed by atoms with Crippen LogP contribution in [0.4, 0.5) is 0 Å². The lowest BCUT2D eigenvalue weighted by Gasteiger charge is -1.79. The molecule has 0 aliphatic carbocycles. The quantitative estimate of drug-likeness (QED) is 0.435. The topological polar surface area (TPSA) is 17.8 Å². The minimum Gasteiger partial charge on any atom is -0.275 e. The molecule has 0 aliphatic heterocycles. The molecule has 0 fully saturated rings. The predicted molar refractivity (Wildman–Crippen MR) is 29.4 cm³/mol. The van der Waals surface area contributed by atoms with Gasteiger partial charge in [0, 0.05) is 13.2 Å². The molecule has 1 rings (SSSR count). The zero-order valence-corrected chi connectivity index (χ0v) is 4.55. The Morgan fingerprint density at radius 1 is 1.88 bits per heavy atom. The monoisotopic (exact) mass is 105 g/mol. The van der Waals surface area contributed by atoms with Gasteiger partial charge in [0.15, 0.2) is 0 Å². The fourth-order valence-corrected chi connectivity index (χ4v) is 0.482. The third kappa shape index (κ3) is 0.710. The Balaban J connectivity index is 3.05. The Kier molecular flexibility index (Phi) is 1.05. The van der Waals surface area contributed by atoms with Crippen LogP contribution in [-0.4, -0.2) is 9.78 Å². The van der Waals surface area contributed by atoms with E-state index in [-0.39, 0.29) is 0 Å². The van der Waals surface area contributed by atoms with Gasteiger partial charge in [0.25, 0.3) is 0 Å². The average molecular weight is 105 g/mol. The largest absolute Gasteiger partial charge is 0.275 e. The van der Waals surface area contributed by atoms with Crippen LogP contribution in [0.25, 0.3) is 0 Å². The Bertz CT molecular complexity index is 217. The number of hydrogen-bond acceptors (Lipinski definition) is 1. The summed E-state index contributed by atoms with van der Waals surface area (Å²) in [4.78, 5) is 0. The lowest BCUT2D eigenvalue weighted by atomic mass is 10.5. The number of nitrogens with zero attached hydrogens (tertiary/aromatic N) is 2. The van der Waals surface area contributed by atoms with E-state index < -0.39 is 0 Å². The van der Waals surface area contributed by atoms with Crippen LogP contribution in [0.3, 0.4) is 0 Å². The first-order valence-electron chi connectivity index (χ1n) is 2.25. The second kappa shape index (κ2) is 1.71. The van der Waals surface area contributed by atoms with Crippen LogP contribution in [-0.2, 0) is 7.05 Å². The molecule has 39 valence electrons. The first-order chi connectivity index (χ1) is 3.83. The molecular weight excluding hydrogens is 100 g/mol. The summed E-state index contributed by atoms with van der Waals surface area (Å²) in [5, 5.41) is 3.85. The van der Waals surface area contributed by atoms with E-state index in [1.54, 1.807) is 24.0 Å². The molecule has 0 spiro atoms. The van der Waals surface area contributed by atoms with E-state index >= 15 is 0 Å². The van der Waals surface area contributed by atoms with Gasteiger partial charge in [-0.2, -0.15) is 5.10 Å². The van der Waals surface area contributed by atoms with Crippen molar-refractivity contribution in [2.75, 3.05) is 0 Å². The Hall–Kier alpha value is -1.23. The molecule has 0 amide bonds. The zero-order chi connectivity index (χ0) is 5.98. The molecule has 0 bridgehead atoms. The molecule has 2 nitrogen and oxygen atoms in total. The molecule has 0 N–H and O–H groups in total. The molecule has 1 heterocycles. The average Bonchev–Trinajstić information content (AvgIpc) is 2.14. The molecule has 2 heteroatoms. The maximum Gasteiger partial charge on any atom is 0.136 e. The van der Waals surface area contributed by atoms with Crippen molar-refractivity contribution in [3.63, 3.8) is 0 Å². The van der Waals surface area contributed by atoms with Crippen molar-refractivity contribution < 1.29 is 0 Å². The first-order valence-corrected chi connectivity index (χ1v) is 2.25. The highest BCUT2D eigenvalue weighted by Crippen LogP contribution is 1.87. The Labute approximate surface area is 48.1 Å². The fourth-order valence-electron chi connectivity index (χ4n) is 0.482. The molecule has 0 aliphatic rings. The standard InChI is InChI=1S/C6H5N2/c1-3-6-4-5-8(2)7-6/h4-5H,2H3. The summed E-state index contributed by atoms with van der Waals surface area (Å²) in [7, 11) is 1.81. The second-order valence-electron chi connectivity index (χ2n) is 1.50. The number of hydrogen-bond donors (Lipinski definition) is 0. The second-order valence-corrected chi connectivity index (χ2v) is 1.50. The predicted octanol–water partition coefficient (Wildman–Crippen LogP) is 0.358. The third-order valence-corrected chi connectivity index (χ3v) is 0.842. The highest BCUT2D eigenvalue weighted by Gasteiger charge is 1.86. The van der Waals surface area contributed by atoms with Crippen LogP contribution in [0, 0.1) is 12.3 Å². The van der Waals surface area contributed by atoms with Crippen LogP contribution >= 0.6 is 0 Å². The van der Waals surface area contributed by atoms with E-state index in [9.17, 15) is 0 Å². The van der Waals surface area contributed by atoms with Gasteiger partial charge in [-0.1, -0.05) is 0 Å². The SMILES string of the molecule is [C]#Cc1ccn(C)n1. The van der Waals surface area contributed by atoms with Crippen molar-refractivity contribution in [1.82, 2.24) is 9.78 Å². The minimum atomic E-state index is 0.576. The van der Waals surface area contributed by atoms with E-state index in [2.05, 4.69) is 11.0 Å². The van der Waals surface area contributed by atoms with E-state index in [4.69, 9.17) is 6.42 Å². The maximum atomic E-state index is 6.63. The molecule has 0 saturated carbocycles. The summed E-state index contributed by atoms with van der Waals surface area (Å²) < 4.78 is 1.64. The van der Waals surface area contributed by atoms with Crippen LogP contribution in [0.2, 0.25) is 0 Å². The molecule has 1 radical (unpaired) electrons. The van der Waals surface area contributed by atoms with Gasteiger partial charge < -0.3 is 0 Å². The summed E-state index contributed by atoms with van der Waals surface area (Å²) in [6, 6.07) is 1.73. The van der Waals surface area contributed by atoms with Gasteiger partial charge >= 0.3 is 0 Å². The lowest BCUT2D eigenvalue weighted by molar-refractivity contribution is 0.764. The van der Waals surface area contributed by atoms with Gasteiger partial charge in [-0.25, -0.2) is 0 Å². The number of aryl methyl sites for hydroxylation is 1. The third-order valence-electron chi connectivity index (χ3n) is 0.842. The van der Waals surface area contributed by atoms with Crippen molar-refractivity contribution in [2.45, 2.75) is 0 Å². The van der Waals surface area contributed by atoms with E-state index in [0.29, 0.717) is 5.69 Å². The van der Waals surface area contributed by atoms with Crippen molar-refractivity contribution in [3.05, 3.63) is 24.4 Å². The smallest absolute Gasteiger partial charge is 0.136 e. The van der Waals surface area contributed by atoms with Gasteiger partial charge in [0.1, 0.15) is 5.69 Å². The summed E-state index contributed by atoms with van der Waals surface area (Å²) in [6.45, 7) is 0. The number of rotatable bonds is 0. The summed E-state index contributed by atoms with van der Waals surface area (Å²) in [6.07, 6.45) is 8.41. The van der Waals surface area contributed by atoms with E-state index in [1.807, 2.05) is 0 Å². The van der Waals surface area contributed by atoms with Gasteiger partial charge in [0.05, 0.1) is 0 Å². The van der Waals surface area contributed by atoms with Gasteiger partial charge in [-0.05, 0) is 18.4 Å². The normalized spacial score (nSPS) is 8.50. The van der Waals surface area contributed by atoms with Crippen molar-refractivity contribution in [2.24, 2.45) is 7.05 Å². The van der Waals surface area contributed by atoms with Gasteiger partial charge in [-0.3, -0.25) is 4.68 Å². The van der Waals surface area contributed by atoms with Crippen LogP contribution < -0.4 is 0 Å². The fraction of sp³-hybridized carbons (Fsp3) is 0.167. The van der Waals surface area contributed by atoms with Crippen LogP contribution in [0.5, 0.6) is 0 Å². The maximum absolute atomic E-state index is 6.63. The Morgan fingerprint density at radius 2 is 2.62 bits per heavy atom. The molecule has 8 heavy (non-hydrogen) atoms. The Morgan fingerprint density at radius 3 is 2.88 bits per heavy atom. The van der Waals surface area contributed by atoms with Crippen LogP contribution in [0.15, 0.2) is 12.3 Å². The van der Waals surface area contributed by atoms with Crippen molar-refractivity contribution in [1.29, 1.82) is 0 Å².